The van der Waals surface area contributed by atoms with Crippen molar-refractivity contribution < 1.29 is 0 Å². The van der Waals surface area contributed by atoms with E-state index >= 15 is 0 Å². The van der Waals surface area contributed by atoms with Crippen LogP contribution in [0.3, 0.4) is 0 Å². The third-order valence-corrected chi connectivity index (χ3v) is 3.69. The molecule has 0 bridgehead atoms. The van der Waals surface area contributed by atoms with Crippen molar-refractivity contribution in [3.8, 4) is 0 Å². The number of aromatic nitrogens is 1. The Labute approximate surface area is 96.1 Å². The molecule has 0 saturated carbocycles. The van der Waals surface area contributed by atoms with E-state index in [1.807, 2.05) is 0 Å². The number of hydrogen-bond acceptors (Lipinski definition) is 1. The predicted molar refractivity (Wildman–Crippen MR) is 67.8 cm³/mol. The lowest BCUT2D eigenvalue weighted by molar-refractivity contribution is 0.497. The standard InChI is InChI=1S/C14H18N2/c1-9-6-7-11-10(8-9)14-12(15-2)4-3-5-13(14)16-11/h6-8,12,15-16H,3-5H2,1-2H3. The number of aryl methyl sites for hydroxylation is 2. The summed E-state index contributed by atoms with van der Waals surface area (Å²) in [5.41, 5.74) is 5.58. The van der Waals surface area contributed by atoms with Crippen LogP contribution in [-0.2, 0) is 6.42 Å². The third kappa shape index (κ3) is 1.37. The van der Waals surface area contributed by atoms with Crippen LogP contribution < -0.4 is 5.32 Å². The molecular weight excluding hydrogens is 196 g/mol. The van der Waals surface area contributed by atoms with Gasteiger partial charge in [0.05, 0.1) is 0 Å². The molecule has 0 spiro atoms. The Morgan fingerprint density at radius 1 is 1.38 bits per heavy atom. The fourth-order valence-electron chi connectivity index (χ4n) is 2.89. The molecule has 2 aromatic rings. The van der Waals surface area contributed by atoms with Gasteiger partial charge in [-0.3, -0.25) is 0 Å². The quantitative estimate of drug-likeness (QED) is 0.750. The molecule has 3 rings (SSSR count). The average molecular weight is 214 g/mol. The van der Waals surface area contributed by atoms with Crippen LogP contribution in [0.25, 0.3) is 10.9 Å². The van der Waals surface area contributed by atoms with E-state index in [1.165, 1.54) is 47.0 Å². The molecule has 2 nitrogen and oxygen atoms in total. The normalized spacial score (nSPS) is 20.0. The lowest BCUT2D eigenvalue weighted by Gasteiger charge is -2.22. The van der Waals surface area contributed by atoms with E-state index in [0.29, 0.717) is 6.04 Å². The molecule has 1 atom stereocenters. The number of hydrogen-bond donors (Lipinski definition) is 2. The zero-order valence-electron chi connectivity index (χ0n) is 9.93. The molecule has 1 aromatic carbocycles. The molecule has 0 saturated heterocycles. The lowest BCUT2D eigenvalue weighted by Crippen LogP contribution is -2.20. The first kappa shape index (κ1) is 9.91. The van der Waals surface area contributed by atoms with Gasteiger partial charge in [-0.2, -0.15) is 0 Å². The number of nitrogens with one attached hydrogen (secondary N) is 2. The van der Waals surface area contributed by atoms with Crippen LogP contribution in [0.15, 0.2) is 18.2 Å². The highest BCUT2D eigenvalue weighted by Crippen LogP contribution is 2.35. The molecule has 84 valence electrons. The van der Waals surface area contributed by atoms with Crippen LogP contribution in [0.4, 0.5) is 0 Å². The molecule has 1 aliphatic rings. The van der Waals surface area contributed by atoms with E-state index in [2.05, 4.69) is 42.5 Å². The van der Waals surface area contributed by atoms with Crippen LogP contribution in [0.5, 0.6) is 0 Å². The van der Waals surface area contributed by atoms with Gasteiger partial charge in [0.25, 0.3) is 0 Å². The van der Waals surface area contributed by atoms with Crippen molar-refractivity contribution in [3.05, 3.63) is 35.0 Å². The van der Waals surface area contributed by atoms with Gasteiger partial charge in [-0.25, -0.2) is 0 Å². The second-order valence-corrected chi connectivity index (χ2v) is 4.80. The average Bonchev–Trinajstić information content (AvgIpc) is 2.66. The van der Waals surface area contributed by atoms with Gasteiger partial charge in [-0.05, 0) is 50.9 Å². The van der Waals surface area contributed by atoms with Gasteiger partial charge < -0.3 is 10.3 Å². The predicted octanol–water partition coefficient (Wildman–Crippen LogP) is 3.07. The number of H-pyrrole nitrogens is 1. The number of benzene rings is 1. The van der Waals surface area contributed by atoms with Gasteiger partial charge in [-0.15, -0.1) is 0 Å². The minimum atomic E-state index is 0.527. The summed E-state index contributed by atoms with van der Waals surface area (Å²) in [6, 6.07) is 7.22. The maximum absolute atomic E-state index is 3.57. The van der Waals surface area contributed by atoms with E-state index in [1.54, 1.807) is 0 Å². The van der Waals surface area contributed by atoms with Crippen molar-refractivity contribution in [2.75, 3.05) is 7.05 Å². The molecule has 1 heterocycles. The number of rotatable bonds is 1. The Hall–Kier alpha value is -1.28. The fraction of sp³-hybridized carbons (Fsp3) is 0.429. The summed E-state index contributed by atoms with van der Waals surface area (Å²) in [5.74, 6) is 0. The van der Waals surface area contributed by atoms with Crippen LogP contribution in [0.2, 0.25) is 0 Å². The van der Waals surface area contributed by atoms with Gasteiger partial charge in [0.1, 0.15) is 0 Å². The Morgan fingerprint density at radius 2 is 2.25 bits per heavy atom. The van der Waals surface area contributed by atoms with E-state index in [4.69, 9.17) is 0 Å². The summed E-state index contributed by atoms with van der Waals surface area (Å²) in [6.07, 6.45) is 3.73. The molecule has 0 aliphatic heterocycles. The van der Waals surface area contributed by atoms with E-state index in [-0.39, 0.29) is 0 Å². The van der Waals surface area contributed by atoms with Crippen molar-refractivity contribution in [1.29, 1.82) is 0 Å². The van der Waals surface area contributed by atoms with Crippen molar-refractivity contribution in [3.63, 3.8) is 0 Å². The molecule has 0 fully saturated rings. The minimum absolute atomic E-state index is 0.527. The van der Waals surface area contributed by atoms with Crippen LogP contribution in [-0.4, -0.2) is 12.0 Å². The summed E-state index contributed by atoms with van der Waals surface area (Å²) < 4.78 is 0. The van der Waals surface area contributed by atoms with Crippen LogP contribution >= 0.6 is 0 Å². The van der Waals surface area contributed by atoms with Crippen LogP contribution in [0.1, 0.15) is 35.7 Å². The van der Waals surface area contributed by atoms with Gasteiger partial charge in [0, 0.05) is 22.6 Å². The summed E-state index contributed by atoms with van der Waals surface area (Å²) in [6.45, 7) is 2.16. The van der Waals surface area contributed by atoms with E-state index in [9.17, 15) is 0 Å². The monoisotopic (exact) mass is 214 g/mol. The Kier molecular flexibility index (Phi) is 2.25. The summed E-state index contributed by atoms with van der Waals surface area (Å²) in [7, 11) is 2.06. The minimum Gasteiger partial charge on any atom is -0.358 e. The topological polar surface area (TPSA) is 27.8 Å². The maximum Gasteiger partial charge on any atom is 0.0459 e. The second kappa shape index (κ2) is 3.63. The Bertz CT molecular complexity index is 525. The molecule has 0 amide bonds. The smallest absolute Gasteiger partial charge is 0.0459 e. The number of fused-ring (bicyclic) bond motifs is 3. The second-order valence-electron chi connectivity index (χ2n) is 4.80. The van der Waals surface area contributed by atoms with Gasteiger partial charge >= 0.3 is 0 Å². The zero-order valence-corrected chi connectivity index (χ0v) is 9.93. The Balaban J connectivity index is 2.27. The molecule has 1 unspecified atom stereocenters. The largest absolute Gasteiger partial charge is 0.358 e. The Morgan fingerprint density at radius 3 is 3.06 bits per heavy atom. The summed E-state index contributed by atoms with van der Waals surface area (Å²) in [4.78, 5) is 3.57. The first-order valence-electron chi connectivity index (χ1n) is 6.08. The molecule has 0 radical (unpaired) electrons. The van der Waals surface area contributed by atoms with Crippen molar-refractivity contribution in [2.45, 2.75) is 32.2 Å². The maximum atomic E-state index is 3.57. The molecular formula is C14H18N2. The first-order chi connectivity index (χ1) is 7.79. The third-order valence-electron chi connectivity index (χ3n) is 3.69. The summed E-state index contributed by atoms with van der Waals surface area (Å²) >= 11 is 0. The highest BCUT2D eigenvalue weighted by molar-refractivity contribution is 5.86. The molecule has 2 N–H and O–H groups in total. The van der Waals surface area contributed by atoms with Crippen molar-refractivity contribution in [2.24, 2.45) is 0 Å². The molecule has 1 aliphatic carbocycles. The summed E-state index contributed by atoms with van der Waals surface area (Å²) in [5, 5.41) is 4.85. The van der Waals surface area contributed by atoms with E-state index < -0.39 is 0 Å². The number of aromatic amines is 1. The molecule has 2 heteroatoms. The van der Waals surface area contributed by atoms with Crippen molar-refractivity contribution >= 4 is 10.9 Å². The van der Waals surface area contributed by atoms with Crippen molar-refractivity contribution in [1.82, 2.24) is 10.3 Å². The highest BCUT2D eigenvalue weighted by Gasteiger charge is 2.23. The lowest BCUT2D eigenvalue weighted by atomic mass is 9.90. The van der Waals surface area contributed by atoms with Gasteiger partial charge in [0.2, 0.25) is 0 Å². The fourth-order valence-corrected chi connectivity index (χ4v) is 2.89. The van der Waals surface area contributed by atoms with Crippen LogP contribution in [0, 0.1) is 6.92 Å². The SMILES string of the molecule is CNC1CCCc2[nH]c3ccc(C)cc3c21. The molecule has 16 heavy (non-hydrogen) atoms. The molecule has 1 aromatic heterocycles. The van der Waals surface area contributed by atoms with E-state index in [0.717, 1.165) is 0 Å². The zero-order chi connectivity index (χ0) is 11.1. The van der Waals surface area contributed by atoms with Gasteiger partial charge in [0.15, 0.2) is 0 Å². The first-order valence-corrected chi connectivity index (χ1v) is 6.08. The highest BCUT2D eigenvalue weighted by atomic mass is 14.9. The van der Waals surface area contributed by atoms with Gasteiger partial charge in [-0.1, -0.05) is 11.6 Å².